The van der Waals surface area contributed by atoms with Crippen molar-refractivity contribution in [2.45, 2.75) is 19.4 Å². The lowest BCUT2D eigenvalue weighted by Crippen LogP contribution is -2.42. The number of urea groups is 1. The van der Waals surface area contributed by atoms with Crippen molar-refractivity contribution < 1.29 is 14.7 Å². The normalized spacial score (nSPS) is 11.6. The molecule has 0 aromatic carbocycles. The first kappa shape index (κ1) is 13.0. The third-order valence-corrected chi connectivity index (χ3v) is 2.19. The van der Waals surface area contributed by atoms with Crippen LogP contribution in [0.2, 0.25) is 0 Å². The molecule has 2 N–H and O–H groups in total. The molecular formula is C11H15N3O3. The quantitative estimate of drug-likeness (QED) is 0.821. The van der Waals surface area contributed by atoms with Crippen molar-refractivity contribution in [1.29, 1.82) is 0 Å². The summed E-state index contributed by atoms with van der Waals surface area (Å²) in [4.78, 5) is 27.5. The van der Waals surface area contributed by atoms with Crippen LogP contribution in [-0.2, 0) is 4.79 Å². The number of aromatic nitrogens is 1. The van der Waals surface area contributed by atoms with E-state index in [0.717, 1.165) is 0 Å². The van der Waals surface area contributed by atoms with Gasteiger partial charge in [0.1, 0.15) is 0 Å². The van der Waals surface area contributed by atoms with Gasteiger partial charge in [0, 0.05) is 19.3 Å². The van der Waals surface area contributed by atoms with Crippen molar-refractivity contribution in [3.63, 3.8) is 0 Å². The number of nitrogens with one attached hydrogen (secondary N) is 1. The molecule has 0 spiro atoms. The number of hydrogen-bond acceptors (Lipinski definition) is 3. The Hall–Kier alpha value is -2.11. The van der Waals surface area contributed by atoms with Gasteiger partial charge < -0.3 is 10.4 Å². The second kappa shape index (κ2) is 5.83. The molecule has 92 valence electrons. The van der Waals surface area contributed by atoms with Gasteiger partial charge in [0.25, 0.3) is 0 Å². The number of nitrogens with zero attached hydrogens (tertiary/aromatic N) is 2. The molecule has 1 aromatic heterocycles. The van der Waals surface area contributed by atoms with Crippen LogP contribution in [0.3, 0.4) is 0 Å². The van der Waals surface area contributed by atoms with Crippen LogP contribution in [0, 0.1) is 0 Å². The molecule has 0 aliphatic rings. The zero-order valence-electron chi connectivity index (χ0n) is 9.75. The van der Waals surface area contributed by atoms with Gasteiger partial charge in [0.15, 0.2) is 0 Å². The second-order valence-corrected chi connectivity index (χ2v) is 3.72. The Bertz CT molecular complexity index is 394. The van der Waals surface area contributed by atoms with E-state index in [1.54, 1.807) is 38.5 Å². The molecule has 1 atom stereocenters. The van der Waals surface area contributed by atoms with Crippen molar-refractivity contribution in [3.8, 4) is 0 Å². The Balaban J connectivity index is 2.56. The number of carbonyl (C=O) groups is 2. The van der Waals surface area contributed by atoms with Gasteiger partial charge in [-0.05, 0) is 19.1 Å². The van der Waals surface area contributed by atoms with Gasteiger partial charge in [0.2, 0.25) is 0 Å². The molecule has 1 aromatic rings. The first-order chi connectivity index (χ1) is 8.00. The third kappa shape index (κ3) is 4.10. The summed E-state index contributed by atoms with van der Waals surface area (Å²) in [6.45, 7) is 1.64. The van der Waals surface area contributed by atoms with Gasteiger partial charge in [0.05, 0.1) is 18.3 Å². The molecule has 6 nitrogen and oxygen atoms in total. The second-order valence-electron chi connectivity index (χ2n) is 3.72. The average molecular weight is 237 g/mol. The fourth-order valence-electron chi connectivity index (χ4n) is 1.29. The number of carboxylic acid groups (broad SMARTS) is 1. The number of anilines is 1. The highest BCUT2D eigenvalue weighted by Gasteiger charge is 2.15. The molecule has 0 saturated heterocycles. The van der Waals surface area contributed by atoms with E-state index in [9.17, 15) is 9.59 Å². The lowest BCUT2D eigenvalue weighted by Gasteiger charge is -2.20. The lowest BCUT2D eigenvalue weighted by atomic mass is 10.2. The predicted octanol–water partition coefficient (Wildman–Crippen LogP) is 1.09. The zero-order valence-corrected chi connectivity index (χ0v) is 9.75. The van der Waals surface area contributed by atoms with Crippen molar-refractivity contribution in [2.24, 2.45) is 0 Å². The van der Waals surface area contributed by atoms with Gasteiger partial charge >= 0.3 is 12.0 Å². The minimum Gasteiger partial charge on any atom is -0.481 e. The maximum atomic E-state index is 11.7. The van der Waals surface area contributed by atoms with Crippen LogP contribution >= 0.6 is 0 Å². The van der Waals surface area contributed by atoms with Gasteiger partial charge in [-0.2, -0.15) is 0 Å². The topological polar surface area (TPSA) is 82.5 Å². The predicted molar refractivity (Wildman–Crippen MR) is 62.9 cm³/mol. The molecule has 1 rings (SSSR count). The van der Waals surface area contributed by atoms with Gasteiger partial charge in [-0.1, -0.05) is 0 Å². The van der Waals surface area contributed by atoms with Crippen LogP contribution in [0.25, 0.3) is 0 Å². The van der Waals surface area contributed by atoms with Gasteiger partial charge in [-0.25, -0.2) is 4.79 Å². The smallest absolute Gasteiger partial charge is 0.321 e. The standard InChI is InChI=1S/C11H15N3O3/c1-8(6-10(15)16)13-11(17)14(2)9-4-3-5-12-7-9/h3-5,7-8H,6H2,1-2H3,(H,13,17)(H,15,16). The highest BCUT2D eigenvalue weighted by molar-refractivity contribution is 5.91. The summed E-state index contributed by atoms with van der Waals surface area (Å²) >= 11 is 0. The molecule has 6 heteroatoms. The van der Waals surface area contributed by atoms with E-state index in [0.29, 0.717) is 5.69 Å². The number of rotatable bonds is 4. The lowest BCUT2D eigenvalue weighted by molar-refractivity contribution is -0.137. The minimum absolute atomic E-state index is 0.105. The molecule has 17 heavy (non-hydrogen) atoms. The summed E-state index contributed by atoms with van der Waals surface area (Å²) in [6, 6.07) is 2.69. The molecule has 0 fully saturated rings. The third-order valence-electron chi connectivity index (χ3n) is 2.19. The first-order valence-corrected chi connectivity index (χ1v) is 5.16. The van der Waals surface area contributed by atoms with Crippen LogP contribution in [0.5, 0.6) is 0 Å². The molecule has 0 saturated carbocycles. The molecule has 0 bridgehead atoms. The van der Waals surface area contributed by atoms with Crippen molar-refractivity contribution in [2.75, 3.05) is 11.9 Å². The Labute approximate surface area is 99.3 Å². The monoisotopic (exact) mass is 237 g/mol. The van der Waals surface area contributed by atoms with E-state index < -0.39 is 12.0 Å². The van der Waals surface area contributed by atoms with Crippen molar-refractivity contribution in [1.82, 2.24) is 10.3 Å². The van der Waals surface area contributed by atoms with E-state index in [1.807, 2.05) is 0 Å². The van der Waals surface area contributed by atoms with Crippen LogP contribution in [0.15, 0.2) is 24.5 Å². The highest BCUT2D eigenvalue weighted by Crippen LogP contribution is 2.09. The summed E-state index contributed by atoms with van der Waals surface area (Å²) in [5.74, 6) is -0.943. The van der Waals surface area contributed by atoms with Crippen LogP contribution in [-0.4, -0.2) is 35.2 Å². The molecule has 0 aliphatic carbocycles. The number of carboxylic acids is 1. The SMILES string of the molecule is CC(CC(=O)O)NC(=O)N(C)c1cccnc1. The number of hydrogen-bond donors (Lipinski definition) is 2. The van der Waals surface area contributed by atoms with E-state index in [4.69, 9.17) is 5.11 Å². The van der Waals surface area contributed by atoms with E-state index in [1.165, 1.54) is 4.90 Å². The van der Waals surface area contributed by atoms with E-state index >= 15 is 0 Å². The Morgan fingerprint density at radius 1 is 1.59 bits per heavy atom. The van der Waals surface area contributed by atoms with Crippen LogP contribution in [0.4, 0.5) is 10.5 Å². The molecule has 0 aliphatic heterocycles. The molecule has 1 unspecified atom stereocenters. The number of pyridine rings is 1. The summed E-state index contributed by atoms with van der Waals surface area (Å²) < 4.78 is 0. The Morgan fingerprint density at radius 2 is 2.29 bits per heavy atom. The van der Waals surface area contributed by atoms with Gasteiger partial charge in [-0.3, -0.25) is 14.7 Å². The fraction of sp³-hybridized carbons (Fsp3) is 0.364. The Kier molecular flexibility index (Phi) is 4.45. The number of aliphatic carboxylic acids is 1. The minimum atomic E-state index is -0.943. The largest absolute Gasteiger partial charge is 0.481 e. The number of carbonyl (C=O) groups excluding carboxylic acids is 1. The summed E-state index contributed by atoms with van der Waals surface area (Å²) in [7, 11) is 1.60. The molecule has 2 amide bonds. The van der Waals surface area contributed by atoms with Crippen LogP contribution < -0.4 is 10.2 Å². The fourth-order valence-corrected chi connectivity index (χ4v) is 1.29. The maximum Gasteiger partial charge on any atom is 0.321 e. The highest BCUT2D eigenvalue weighted by atomic mass is 16.4. The average Bonchev–Trinajstić information content (AvgIpc) is 2.28. The summed E-state index contributed by atoms with van der Waals surface area (Å²) in [5, 5.41) is 11.2. The Morgan fingerprint density at radius 3 is 2.82 bits per heavy atom. The van der Waals surface area contributed by atoms with E-state index in [-0.39, 0.29) is 12.5 Å². The van der Waals surface area contributed by atoms with Crippen molar-refractivity contribution in [3.05, 3.63) is 24.5 Å². The zero-order chi connectivity index (χ0) is 12.8. The molecule has 1 heterocycles. The van der Waals surface area contributed by atoms with Crippen molar-refractivity contribution >= 4 is 17.7 Å². The first-order valence-electron chi connectivity index (χ1n) is 5.16. The molecule has 0 radical (unpaired) electrons. The van der Waals surface area contributed by atoms with Gasteiger partial charge in [-0.15, -0.1) is 0 Å². The van der Waals surface area contributed by atoms with Crippen LogP contribution in [0.1, 0.15) is 13.3 Å². The summed E-state index contributed by atoms with van der Waals surface area (Å²) in [5.41, 5.74) is 0.646. The number of amides is 2. The molecular weight excluding hydrogens is 222 g/mol. The van der Waals surface area contributed by atoms with E-state index in [2.05, 4.69) is 10.3 Å². The maximum absolute atomic E-state index is 11.7. The summed E-state index contributed by atoms with van der Waals surface area (Å²) in [6.07, 6.45) is 3.07.